The van der Waals surface area contributed by atoms with Crippen molar-refractivity contribution in [2.24, 2.45) is 5.41 Å². The van der Waals surface area contributed by atoms with Gasteiger partial charge in [-0.05, 0) is 25.0 Å². The van der Waals surface area contributed by atoms with E-state index in [1.54, 1.807) is 0 Å². The van der Waals surface area contributed by atoms with Crippen molar-refractivity contribution in [3.05, 3.63) is 53.3 Å². The number of nitrogens with zero attached hydrogens (tertiary/aromatic N) is 1. The minimum absolute atomic E-state index is 0.192. The number of benzene rings is 1. The first kappa shape index (κ1) is 15.9. The third kappa shape index (κ3) is 1.41. The summed E-state index contributed by atoms with van der Waals surface area (Å²) in [6, 6.07) is 8.04. The molecule has 6 atom stereocenters. The highest BCUT2D eigenvalue weighted by Crippen LogP contribution is 2.72. The molecule has 1 aliphatic carbocycles. The summed E-state index contributed by atoms with van der Waals surface area (Å²) >= 11 is 0. The van der Waals surface area contributed by atoms with Gasteiger partial charge in [0.2, 0.25) is 0 Å². The third-order valence-electron chi connectivity index (χ3n) is 7.57. The van der Waals surface area contributed by atoms with Gasteiger partial charge in [0.1, 0.15) is 12.0 Å². The monoisotopic (exact) mass is 366 g/mol. The average Bonchev–Trinajstić information content (AvgIpc) is 3.11. The summed E-state index contributed by atoms with van der Waals surface area (Å²) in [5.74, 6) is -0.339. The van der Waals surface area contributed by atoms with Crippen molar-refractivity contribution in [2.45, 2.75) is 43.2 Å². The molecule has 4 bridgehead atoms. The van der Waals surface area contributed by atoms with Gasteiger partial charge in [0, 0.05) is 24.4 Å². The highest BCUT2D eigenvalue weighted by atomic mass is 16.5. The first-order chi connectivity index (χ1) is 13.0. The van der Waals surface area contributed by atoms with E-state index in [9.17, 15) is 9.90 Å². The van der Waals surface area contributed by atoms with Gasteiger partial charge in [0.25, 0.3) is 0 Å². The molecular weight excluding hydrogens is 344 g/mol. The van der Waals surface area contributed by atoms with Crippen molar-refractivity contribution < 1.29 is 19.4 Å². The molecule has 0 saturated carbocycles. The van der Waals surface area contributed by atoms with Crippen LogP contribution < -0.4 is 5.32 Å². The van der Waals surface area contributed by atoms with Gasteiger partial charge in [0.15, 0.2) is 0 Å². The Labute approximate surface area is 157 Å². The summed E-state index contributed by atoms with van der Waals surface area (Å²) in [4.78, 5) is 14.9. The van der Waals surface area contributed by atoms with Crippen LogP contribution in [-0.4, -0.2) is 47.7 Å². The molecule has 0 amide bonds. The highest BCUT2D eigenvalue weighted by Gasteiger charge is 2.80. The fraction of sp³-hybridized carbons (Fsp3) is 0.476. The zero-order valence-corrected chi connectivity index (χ0v) is 15.4. The summed E-state index contributed by atoms with van der Waals surface area (Å²) < 4.78 is 11.6. The third-order valence-corrected chi connectivity index (χ3v) is 7.57. The van der Waals surface area contributed by atoms with E-state index < -0.39 is 16.6 Å². The van der Waals surface area contributed by atoms with Crippen LogP contribution in [-0.2, 0) is 19.7 Å². The molecule has 6 heteroatoms. The van der Waals surface area contributed by atoms with Gasteiger partial charge in [-0.25, -0.2) is 9.69 Å². The minimum Gasteiger partial charge on any atom is -0.466 e. The zero-order valence-electron chi connectivity index (χ0n) is 15.4. The van der Waals surface area contributed by atoms with Crippen LogP contribution in [0.5, 0.6) is 0 Å². The lowest BCUT2D eigenvalue weighted by Gasteiger charge is -2.63. The summed E-state index contributed by atoms with van der Waals surface area (Å²) in [5, 5.41) is 16.0. The van der Waals surface area contributed by atoms with Gasteiger partial charge < -0.3 is 19.9 Å². The van der Waals surface area contributed by atoms with E-state index in [4.69, 9.17) is 9.47 Å². The van der Waals surface area contributed by atoms with Crippen LogP contribution >= 0.6 is 0 Å². The lowest BCUT2D eigenvalue weighted by Crippen LogP contribution is -2.75. The van der Waals surface area contributed by atoms with E-state index in [1.165, 1.54) is 7.11 Å². The second-order valence-electron chi connectivity index (χ2n) is 8.30. The number of hydrogen-bond acceptors (Lipinski definition) is 6. The molecule has 1 aromatic rings. The van der Waals surface area contributed by atoms with E-state index >= 15 is 0 Å². The maximum atomic E-state index is 12.8. The van der Waals surface area contributed by atoms with Crippen LogP contribution in [0.3, 0.4) is 0 Å². The normalized spacial score (nSPS) is 45.2. The van der Waals surface area contributed by atoms with E-state index in [0.717, 1.165) is 16.9 Å². The maximum Gasteiger partial charge on any atom is 0.335 e. The van der Waals surface area contributed by atoms with Gasteiger partial charge in [-0.3, -0.25) is 0 Å². The Balaban J connectivity index is 1.76. The predicted octanol–water partition coefficient (Wildman–Crippen LogP) is 1.88. The first-order valence-corrected chi connectivity index (χ1v) is 9.50. The molecule has 0 radical (unpaired) electrons. The standard InChI is InChI=1S/C21H22N2O4/c1-12-19-8-5-9-23-16(27-12)11-20(21(19,23)25)14-6-3-4-7-15(14)22-17(20)13(10-19)18(24)26-2/h3-8,12,16,22,25H,9-11H2,1-2H3/t12-,16+,19+,20?,21-/m1/s1. The average molecular weight is 366 g/mol. The van der Waals surface area contributed by atoms with Crippen molar-refractivity contribution in [1.82, 2.24) is 4.90 Å². The number of hydrogen-bond donors (Lipinski definition) is 2. The number of rotatable bonds is 1. The van der Waals surface area contributed by atoms with Gasteiger partial charge in [-0.1, -0.05) is 30.4 Å². The second-order valence-corrected chi connectivity index (χ2v) is 8.30. The van der Waals surface area contributed by atoms with Crippen molar-refractivity contribution in [2.75, 3.05) is 19.0 Å². The number of nitrogens with one attached hydrogen (secondary N) is 1. The molecule has 4 heterocycles. The minimum atomic E-state index is -1.15. The molecule has 27 heavy (non-hydrogen) atoms. The first-order valence-electron chi connectivity index (χ1n) is 9.50. The van der Waals surface area contributed by atoms with Crippen LogP contribution in [0.4, 0.5) is 5.69 Å². The number of fused-ring (bicyclic) bond motifs is 1. The molecule has 140 valence electrons. The molecule has 2 saturated heterocycles. The number of anilines is 1. The molecule has 4 aliphatic heterocycles. The Morgan fingerprint density at radius 2 is 2.22 bits per heavy atom. The number of methoxy groups -OCH3 is 1. The summed E-state index contributed by atoms with van der Waals surface area (Å²) in [5.41, 5.74) is 0.799. The van der Waals surface area contributed by atoms with Gasteiger partial charge in [-0.2, -0.15) is 0 Å². The number of ether oxygens (including phenoxy) is 2. The zero-order chi connectivity index (χ0) is 18.6. The molecule has 6 nitrogen and oxygen atoms in total. The maximum absolute atomic E-state index is 12.8. The number of carbonyl (C=O) groups excluding carboxylic acids is 1. The quantitative estimate of drug-likeness (QED) is 0.584. The largest absolute Gasteiger partial charge is 0.466 e. The molecule has 2 N–H and O–H groups in total. The van der Waals surface area contributed by atoms with Crippen molar-refractivity contribution in [3.8, 4) is 0 Å². The van der Waals surface area contributed by atoms with Crippen LogP contribution in [0.2, 0.25) is 0 Å². The van der Waals surface area contributed by atoms with Crippen LogP contribution in [0.25, 0.3) is 0 Å². The smallest absolute Gasteiger partial charge is 0.335 e. The Morgan fingerprint density at radius 1 is 1.41 bits per heavy atom. The molecule has 2 unspecified atom stereocenters. The van der Waals surface area contributed by atoms with E-state index in [-0.39, 0.29) is 18.3 Å². The number of para-hydroxylation sites is 1. The lowest BCUT2D eigenvalue weighted by molar-refractivity contribution is -0.302. The van der Waals surface area contributed by atoms with Crippen molar-refractivity contribution >= 4 is 11.7 Å². The molecule has 0 aromatic heterocycles. The van der Waals surface area contributed by atoms with Gasteiger partial charge >= 0.3 is 5.97 Å². The molecular formula is C21H22N2O4. The predicted molar refractivity (Wildman–Crippen MR) is 97.6 cm³/mol. The van der Waals surface area contributed by atoms with Crippen LogP contribution in [0.1, 0.15) is 25.3 Å². The number of aliphatic hydroxyl groups is 1. The number of esters is 1. The second kappa shape index (κ2) is 4.63. The summed E-state index contributed by atoms with van der Waals surface area (Å²) in [6.45, 7) is 2.65. The van der Waals surface area contributed by atoms with Crippen LogP contribution in [0.15, 0.2) is 47.7 Å². The van der Waals surface area contributed by atoms with Crippen molar-refractivity contribution in [1.29, 1.82) is 0 Å². The molecule has 2 fully saturated rings. The number of carbonyl (C=O) groups is 1. The Morgan fingerprint density at radius 3 is 3.04 bits per heavy atom. The highest BCUT2D eigenvalue weighted by molar-refractivity contribution is 5.93. The molecule has 1 aromatic carbocycles. The molecule has 6 rings (SSSR count). The molecule has 1 spiro atoms. The lowest BCUT2D eigenvalue weighted by atomic mass is 9.52. The Bertz CT molecular complexity index is 955. The van der Waals surface area contributed by atoms with E-state index in [2.05, 4.69) is 28.4 Å². The topological polar surface area (TPSA) is 71.0 Å². The summed E-state index contributed by atoms with van der Waals surface area (Å²) in [7, 11) is 1.41. The van der Waals surface area contributed by atoms with Crippen LogP contribution in [0, 0.1) is 5.41 Å². The molecule has 5 aliphatic rings. The van der Waals surface area contributed by atoms with E-state index in [0.29, 0.717) is 25.0 Å². The fourth-order valence-corrected chi connectivity index (χ4v) is 6.52. The Kier molecular flexibility index (Phi) is 2.72. The van der Waals surface area contributed by atoms with Gasteiger partial charge in [0.05, 0.1) is 29.6 Å². The Hall–Kier alpha value is -2.15. The SMILES string of the molecule is COC(=O)C1=C2Nc3ccccc3C23C[C@@H]2O[C@H](C)[C@]4(C=CCN2[C@]34O)C1. The van der Waals surface area contributed by atoms with Crippen molar-refractivity contribution in [3.63, 3.8) is 0 Å². The fourth-order valence-electron chi connectivity index (χ4n) is 6.52. The summed E-state index contributed by atoms with van der Waals surface area (Å²) in [6.07, 6.45) is 4.77. The van der Waals surface area contributed by atoms with E-state index in [1.807, 2.05) is 25.1 Å². The van der Waals surface area contributed by atoms with Gasteiger partial charge in [-0.15, -0.1) is 0 Å².